The molecule has 1 saturated heterocycles. The second-order valence-electron chi connectivity index (χ2n) is 8.10. The molecule has 0 unspecified atom stereocenters. The first-order valence-electron chi connectivity index (χ1n) is 11.5. The summed E-state index contributed by atoms with van der Waals surface area (Å²) in [4.78, 5) is 21.0. The number of aryl methyl sites for hydroxylation is 2. The van der Waals surface area contributed by atoms with Crippen molar-refractivity contribution in [3.8, 4) is 22.8 Å². The van der Waals surface area contributed by atoms with Crippen LogP contribution in [0.25, 0.3) is 22.3 Å². The van der Waals surface area contributed by atoms with Crippen molar-refractivity contribution in [3.05, 3.63) is 79.3 Å². The number of fused-ring (bicyclic) bond motifs is 1. The van der Waals surface area contributed by atoms with Gasteiger partial charge in [0, 0.05) is 31.9 Å². The molecule has 7 nitrogen and oxygen atoms in total. The number of hydrogen-bond donors (Lipinski definition) is 0. The molecule has 0 spiro atoms. The van der Waals surface area contributed by atoms with E-state index in [1.807, 2.05) is 48.3 Å². The molecule has 3 heterocycles. The molecule has 2 aromatic heterocycles. The van der Waals surface area contributed by atoms with Crippen LogP contribution < -0.4 is 4.74 Å². The van der Waals surface area contributed by atoms with Gasteiger partial charge in [0.25, 0.3) is 0 Å². The van der Waals surface area contributed by atoms with E-state index in [-0.39, 0.29) is 5.91 Å². The van der Waals surface area contributed by atoms with Crippen LogP contribution in [0.4, 0.5) is 0 Å². The summed E-state index contributed by atoms with van der Waals surface area (Å²) in [6, 6.07) is 16.1. The molecule has 0 N–H and O–H groups in total. The Hall–Kier alpha value is -4.00. The van der Waals surface area contributed by atoms with E-state index < -0.39 is 0 Å². The SMILES string of the molecule is C=CC(=O)N1CCCC1.CCc1cccc(Oc2ccc(-c3nn(C)c4ncncc34)cc2)c1. The summed E-state index contributed by atoms with van der Waals surface area (Å²) in [5, 5.41) is 5.51. The average Bonchev–Trinajstić information content (AvgIpc) is 3.54. The third-order valence-electron chi connectivity index (χ3n) is 5.77. The van der Waals surface area contributed by atoms with Crippen LogP contribution in [0.1, 0.15) is 25.3 Å². The zero-order valence-corrected chi connectivity index (χ0v) is 19.6. The minimum Gasteiger partial charge on any atom is -0.457 e. The van der Waals surface area contributed by atoms with Crippen LogP contribution in [0.3, 0.4) is 0 Å². The standard InChI is InChI=1S/C20H18N4O.C7H11NO/c1-3-14-5-4-6-17(11-14)25-16-9-7-15(8-10-16)19-18-12-21-13-22-20(18)24(2)23-19;1-2-7(9)8-5-3-4-6-8/h4-13H,3H2,1-2H3;2H,1,3-6H2. The summed E-state index contributed by atoms with van der Waals surface area (Å²) in [6.07, 6.45) is 8.01. The molecule has 174 valence electrons. The average molecular weight is 456 g/mol. The zero-order valence-electron chi connectivity index (χ0n) is 19.6. The topological polar surface area (TPSA) is 73.1 Å². The number of benzene rings is 2. The molecular weight excluding hydrogens is 426 g/mol. The summed E-state index contributed by atoms with van der Waals surface area (Å²) < 4.78 is 7.72. The number of hydrogen-bond acceptors (Lipinski definition) is 5. The quantitative estimate of drug-likeness (QED) is 0.388. The second kappa shape index (κ2) is 10.7. The zero-order chi connectivity index (χ0) is 23.9. The van der Waals surface area contributed by atoms with Gasteiger partial charge in [0.15, 0.2) is 5.65 Å². The van der Waals surface area contributed by atoms with Gasteiger partial charge in [-0.2, -0.15) is 5.10 Å². The highest BCUT2D eigenvalue weighted by molar-refractivity contribution is 5.90. The van der Waals surface area contributed by atoms with Gasteiger partial charge in [0.05, 0.1) is 5.39 Å². The van der Waals surface area contributed by atoms with E-state index in [1.54, 1.807) is 10.9 Å². The molecule has 34 heavy (non-hydrogen) atoms. The van der Waals surface area contributed by atoms with Gasteiger partial charge in [0.1, 0.15) is 23.5 Å². The fraction of sp³-hybridized carbons (Fsp3) is 0.259. The van der Waals surface area contributed by atoms with Crippen LogP contribution in [0, 0.1) is 0 Å². The summed E-state index contributed by atoms with van der Waals surface area (Å²) in [5.41, 5.74) is 3.96. The Morgan fingerprint density at radius 3 is 2.59 bits per heavy atom. The summed E-state index contributed by atoms with van der Waals surface area (Å²) in [7, 11) is 1.89. The second-order valence-corrected chi connectivity index (χ2v) is 8.10. The normalized spacial score (nSPS) is 12.8. The predicted octanol–water partition coefficient (Wildman–Crippen LogP) is 5.18. The van der Waals surface area contributed by atoms with E-state index in [0.717, 1.165) is 66.1 Å². The van der Waals surface area contributed by atoms with E-state index in [9.17, 15) is 4.79 Å². The number of ether oxygens (including phenoxy) is 1. The van der Waals surface area contributed by atoms with Crippen molar-refractivity contribution in [3.63, 3.8) is 0 Å². The number of amides is 1. The van der Waals surface area contributed by atoms with Crippen LogP contribution in [-0.4, -0.2) is 43.6 Å². The van der Waals surface area contributed by atoms with Gasteiger partial charge >= 0.3 is 0 Å². The molecule has 4 aromatic rings. The summed E-state index contributed by atoms with van der Waals surface area (Å²) in [6.45, 7) is 7.39. The Kier molecular flexibility index (Phi) is 7.32. The number of rotatable bonds is 5. The van der Waals surface area contributed by atoms with Crippen LogP contribution in [0.2, 0.25) is 0 Å². The van der Waals surface area contributed by atoms with Gasteiger partial charge in [-0.3, -0.25) is 4.79 Å². The predicted molar refractivity (Wildman–Crippen MR) is 134 cm³/mol. The molecule has 0 radical (unpaired) electrons. The molecule has 7 heteroatoms. The highest BCUT2D eigenvalue weighted by atomic mass is 16.5. The van der Waals surface area contributed by atoms with Crippen LogP contribution >= 0.6 is 0 Å². The van der Waals surface area contributed by atoms with Crippen molar-refractivity contribution in [1.82, 2.24) is 24.6 Å². The maximum atomic E-state index is 10.8. The number of nitrogens with zero attached hydrogens (tertiary/aromatic N) is 5. The maximum absolute atomic E-state index is 10.8. The van der Waals surface area contributed by atoms with Crippen LogP contribution in [-0.2, 0) is 18.3 Å². The molecule has 0 bridgehead atoms. The lowest BCUT2D eigenvalue weighted by Gasteiger charge is -2.10. The van der Waals surface area contributed by atoms with Gasteiger partial charge < -0.3 is 9.64 Å². The largest absolute Gasteiger partial charge is 0.457 e. The Labute approximate surface area is 199 Å². The summed E-state index contributed by atoms with van der Waals surface area (Å²) >= 11 is 0. The molecule has 1 aliphatic heterocycles. The van der Waals surface area contributed by atoms with E-state index in [1.165, 1.54) is 18.0 Å². The van der Waals surface area contributed by atoms with Gasteiger partial charge in [-0.15, -0.1) is 0 Å². The minimum atomic E-state index is 0.0764. The first-order chi connectivity index (χ1) is 16.6. The first-order valence-corrected chi connectivity index (χ1v) is 11.5. The van der Waals surface area contributed by atoms with Gasteiger partial charge in [-0.25, -0.2) is 14.6 Å². The van der Waals surface area contributed by atoms with E-state index in [4.69, 9.17) is 4.74 Å². The van der Waals surface area contributed by atoms with Gasteiger partial charge in [-0.05, 0) is 67.3 Å². The highest BCUT2D eigenvalue weighted by Crippen LogP contribution is 2.29. The Morgan fingerprint density at radius 2 is 1.88 bits per heavy atom. The molecule has 0 saturated carbocycles. The van der Waals surface area contributed by atoms with Gasteiger partial charge in [-0.1, -0.05) is 25.6 Å². The smallest absolute Gasteiger partial charge is 0.245 e. The number of likely N-dealkylation sites (tertiary alicyclic amines) is 1. The highest BCUT2D eigenvalue weighted by Gasteiger charge is 2.14. The monoisotopic (exact) mass is 455 g/mol. The van der Waals surface area contributed by atoms with Crippen LogP contribution in [0.15, 0.2) is 73.7 Å². The lowest BCUT2D eigenvalue weighted by atomic mass is 10.1. The van der Waals surface area contributed by atoms with Crippen molar-refractivity contribution in [2.24, 2.45) is 7.05 Å². The van der Waals surface area contributed by atoms with E-state index in [2.05, 4.69) is 40.7 Å². The fourth-order valence-corrected chi connectivity index (χ4v) is 3.92. The van der Waals surface area contributed by atoms with Gasteiger partial charge in [0.2, 0.25) is 5.91 Å². The van der Waals surface area contributed by atoms with Crippen molar-refractivity contribution in [2.75, 3.05) is 13.1 Å². The number of carbonyl (C=O) groups is 1. The molecule has 2 aromatic carbocycles. The van der Waals surface area contributed by atoms with Crippen molar-refractivity contribution < 1.29 is 9.53 Å². The van der Waals surface area contributed by atoms with Crippen LogP contribution in [0.5, 0.6) is 11.5 Å². The van der Waals surface area contributed by atoms with E-state index in [0.29, 0.717) is 0 Å². The van der Waals surface area contributed by atoms with Crippen molar-refractivity contribution in [1.29, 1.82) is 0 Å². The third kappa shape index (κ3) is 5.31. The summed E-state index contributed by atoms with van der Waals surface area (Å²) in [5.74, 6) is 1.73. The molecule has 1 aliphatic rings. The molecule has 0 aliphatic carbocycles. The Bertz CT molecular complexity index is 1270. The molecule has 1 amide bonds. The Balaban J connectivity index is 0.000000257. The lowest BCUT2D eigenvalue weighted by Crippen LogP contribution is -2.25. The fourth-order valence-electron chi connectivity index (χ4n) is 3.92. The van der Waals surface area contributed by atoms with E-state index >= 15 is 0 Å². The maximum Gasteiger partial charge on any atom is 0.245 e. The molecular formula is C27H29N5O2. The van der Waals surface area contributed by atoms with Crippen molar-refractivity contribution >= 4 is 16.9 Å². The molecule has 5 rings (SSSR count). The Morgan fingerprint density at radius 1 is 1.12 bits per heavy atom. The number of carbonyl (C=O) groups excluding carboxylic acids is 1. The number of aromatic nitrogens is 4. The molecule has 1 fully saturated rings. The minimum absolute atomic E-state index is 0.0764. The van der Waals surface area contributed by atoms with Crippen molar-refractivity contribution in [2.45, 2.75) is 26.2 Å². The first kappa shape index (κ1) is 23.2. The lowest BCUT2D eigenvalue weighted by molar-refractivity contribution is -0.124. The molecule has 0 atom stereocenters. The third-order valence-corrected chi connectivity index (χ3v) is 5.77.